The average molecular weight is 256 g/mol. The standard InChI is InChI=1S/C12H20N2O2S/c1-12(2,3)16-11(15)14-10-5-7-17-6-4-9(10)8-13/h9-10H,4-7H2,1-3H3,(H,14,15)/t9-,10+/m0/s1. The van der Waals surface area contributed by atoms with Gasteiger partial charge in [0.2, 0.25) is 0 Å². The number of thioether (sulfide) groups is 1. The highest BCUT2D eigenvalue weighted by molar-refractivity contribution is 7.99. The Morgan fingerprint density at radius 2 is 2.06 bits per heavy atom. The van der Waals surface area contributed by atoms with Crippen LogP contribution >= 0.6 is 11.8 Å². The molecule has 17 heavy (non-hydrogen) atoms. The maximum Gasteiger partial charge on any atom is 0.407 e. The average Bonchev–Trinajstić information content (AvgIpc) is 2.39. The molecule has 1 aliphatic heterocycles. The van der Waals surface area contributed by atoms with Gasteiger partial charge in [0.25, 0.3) is 0 Å². The van der Waals surface area contributed by atoms with Gasteiger partial charge in [-0.05, 0) is 45.1 Å². The number of ether oxygens (including phenoxy) is 1. The number of carbonyl (C=O) groups is 1. The van der Waals surface area contributed by atoms with E-state index in [1.54, 1.807) is 0 Å². The molecule has 1 rings (SSSR count). The predicted octanol–water partition coefficient (Wildman–Crippen LogP) is 2.55. The van der Waals surface area contributed by atoms with Gasteiger partial charge in [0, 0.05) is 6.04 Å². The Hall–Kier alpha value is -0.890. The van der Waals surface area contributed by atoms with Crippen LogP contribution in [0, 0.1) is 17.2 Å². The molecule has 0 aliphatic carbocycles. The fourth-order valence-corrected chi connectivity index (χ4v) is 2.76. The van der Waals surface area contributed by atoms with Gasteiger partial charge in [-0.3, -0.25) is 0 Å². The SMILES string of the molecule is CC(C)(C)OC(=O)N[C@@H]1CCSCC[C@H]1C#N. The van der Waals surface area contributed by atoms with Crippen LogP contribution in [0.15, 0.2) is 0 Å². The third-order valence-electron chi connectivity index (χ3n) is 2.50. The largest absolute Gasteiger partial charge is 0.444 e. The van der Waals surface area contributed by atoms with Crippen LogP contribution < -0.4 is 5.32 Å². The van der Waals surface area contributed by atoms with Crippen LogP contribution in [-0.4, -0.2) is 29.2 Å². The Bertz CT molecular complexity index is 307. The molecule has 0 bridgehead atoms. The summed E-state index contributed by atoms with van der Waals surface area (Å²) in [6, 6.07) is 2.20. The summed E-state index contributed by atoms with van der Waals surface area (Å²) in [5.74, 6) is 1.88. The summed E-state index contributed by atoms with van der Waals surface area (Å²) in [6.45, 7) is 5.49. The van der Waals surface area contributed by atoms with Crippen LogP contribution in [-0.2, 0) is 4.74 Å². The van der Waals surface area contributed by atoms with E-state index in [2.05, 4.69) is 11.4 Å². The smallest absolute Gasteiger partial charge is 0.407 e. The minimum absolute atomic E-state index is 0.0788. The van der Waals surface area contributed by atoms with Crippen molar-refractivity contribution in [3.63, 3.8) is 0 Å². The van der Waals surface area contributed by atoms with Crippen molar-refractivity contribution in [1.82, 2.24) is 5.32 Å². The van der Waals surface area contributed by atoms with Crippen LogP contribution in [0.5, 0.6) is 0 Å². The number of carbonyl (C=O) groups excluding carboxylic acids is 1. The molecule has 1 N–H and O–H groups in total. The lowest BCUT2D eigenvalue weighted by molar-refractivity contribution is 0.0492. The van der Waals surface area contributed by atoms with E-state index in [0.29, 0.717) is 0 Å². The topological polar surface area (TPSA) is 62.1 Å². The first-order valence-electron chi connectivity index (χ1n) is 5.89. The molecule has 0 saturated carbocycles. The molecule has 0 spiro atoms. The second-order valence-corrected chi connectivity index (χ2v) is 6.40. The van der Waals surface area contributed by atoms with E-state index < -0.39 is 11.7 Å². The molecule has 0 radical (unpaired) electrons. The summed E-state index contributed by atoms with van der Waals surface area (Å²) in [5, 5.41) is 11.9. The third-order valence-corrected chi connectivity index (χ3v) is 3.55. The van der Waals surface area contributed by atoms with Crippen molar-refractivity contribution in [3.05, 3.63) is 0 Å². The van der Waals surface area contributed by atoms with Crippen molar-refractivity contribution in [3.8, 4) is 6.07 Å². The Kier molecular flexibility index (Phi) is 5.13. The fraction of sp³-hybridized carbons (Fsp3) is 0.833. The van der Waals surface area contributed by atoms with E-state index in [-0.39, 0.29) is 12.0 Å². The molecule has 0 unspecified atom stereocenters. The first kappa shape index (κ1) is 14.2. The molecule has 1 fully saturated rings. The number of nitrogens with zero attached hydrogens (tertiary/aromatic N) is 1. The van der Waals surface area contributed by atoms with E-state index >= 15 is 0 Å². The molecule has 1 amide bonds. The molecule has 1 heterocycles. The maximum atomic E-state index is 11.7. The summed E-state index contributed by atoms with van der Waals surface area (Å²) < 4.78 is 5.21. The Morgan fingerprint density at radius 1 is 1.41 bits per heavy atom. The molecule has 4 nitrogen and oxygen atoms in total. The minimum Gasteiger partial charge on any atom is -0.444 e. The summed E-state index contributed by atoms with van der Waals surface area (Å²) in [5.41, 5.74) is -0.494. The fourth-order valence-electron chi connectivity index (χ4n) is 1.71. The van der Waals surface area contributed by atoms with Gasteiger partial charge in [-0.15, -0.1) is 0 Å². The summed E-state index contributed by atoms with van der Waals surface area (Å²) in [4.78, 5) is 11.7. The highest BCUT2D eigenvalue weighted by Gasteiger charge is 2.27. The Labute approximate surface area is 107 Å². The maximum absolute atomic E-state index is 11.7. The second kappa shape index (κ2) is 6.15. The lowest BCUT2D eigenvalue weighted by Crippen LogP contribution is -2.42. The van der Waals surface area contributed by atoms with Crippen molar-refractivity contribution >= 4 is 17.9 Å². The van der Waals surface area contributed by atoms with Gasteiger partial charge in [-0.1, -0.05) is 0 Å². The van der Waals surface area contributed by atoms with E-state index in [4.69, 9.17) is 10.00 Å². The molecule has 1 aliphatic rings. The van der Waals surface area contributed by atoms with Crippen molar-refractivity contribution < 1.29 is 9.53 Å². The van der Waals surface area contributed by atoms with E-state index in [1.165, 1.54) is 0 Å². The van der Waals surface area contributed by atoms with E-state index in [0.717, 1.165) is 24.3 Å². The monoisotopic (exact) mass is 256 g/mol. The first-order valence-corrected chi connectivity index (χ1v) is 7.05. The normalized spacial score (nSPS) is 25.5. The van der Waals surface area contributed by atoms with Crippen molar-refractivity contribution in [2.45, 2.75) is 45.3 Å². The molecular formula is C12H20N2O2S. The molecular weight excluding hydrogens is 236 g/mol. The number of nitriles is 1. The molecule has 5 heteroatoms. The van der Waals surface area contributed by atoms with Gasteiger partial charge < -0.3 is 10.1 Å². The summed E-state index contributed by atoms with van der Waals surface area (Å²) in [6.07, 6.45) is 1.25. The van der Waals surface area contributed by atoms with Gasteiger partial charge in [0.15, 0.2) is 0 Å². The van der Waals surface area contributed by atoms with Gasteiger partial charge >= 0.3 is 6.09 Å². The van der Waals surface area contributed by atoms with Crippen LogP contribution in [0.3, 0.4) is 0 Å². The Morgan fingerprint density at radius 3 is 2.65 bits per heavy atom. The van der Waals surface area contributed by atoms with Crippen LogP contribution in [0.25, 0.3) is 0 Å². The van der Waals surface area contributed by atoms with Gasteiger partial charge in [0.1, 0.15) is 5.60 Å². The van der Waals surface area contributed by atoms with E-state index in [9.17, 15) is 4.79 Å². The first-order chi connectivity index (χ1) is 7.92. The number of hydrogen-bond acceptors (Lipinski definition) is 4. The van der Waals surface area contributed by atoms with Crippen LogP contribution in [0.2, 0.25) is 0 Å². The lowest BCUT2D eigenvalue weighted by Gasteiger charge is -2.24. The number of nitrogens with one attached hydrogen (secondary N) is 1. The zero-order valence-electron chi connectivity index (χ0n) is 10.7. The van der Waals surface area contributed by atoms with Gasteiger partial charge in [0.05, 0.1) is 12.0 Å². The molecule has 0 aromatic heterocycles. The number of rotatable bonds is 1. The molecule has 0 aromatic rings. The van der Waals surface area contributed by atoms with Gasteiger partial charge in [-0.25, -0.2) is 4.79 Å². The highest BCUT2D eigenvalue weighted by Crippen LogP contribution is 2.22. The van der Waals surface area contributed by atoms with Crippen molar-refractivity contribution in [2.75, 3.05) is 11.5 Å². The van der Waals surface area contributed by atoms with Crippen LogP contribution in [0.1, 0.15) is 33.6 Å². The van der Waals surface area contributed by atoms with Crippen molar-refractivity contribution in [2.24, 2.45) is 5.92 Å². The third kappa shape index (κ3) is 5.31. The zero-order valence-corrected chi connectivity index (χ0v) is 11.5. The quantitative estimate of drug-likeness (QED) is 0.783. The molecule has 2 atom stereocenters. The van der Waals surface area contributed by atoms with Crippen molar-refractivity contribution in [1.29, 1.82) is 5.26 Å². The molecule has 96 valence electrons. The van der Waals surface area contributed by atoms with Gasteiger partial charge in [-0.2, -0.15) is 17.0 Å². The summed E-state index contributed by atoms with van der Waals surface area (Å²) >= 11 is 1.84. The highest BCUT2D eigenvalue weighted by atomic mass is 32.2. The summed E-state index contributed by atoms with van der Waals surface area (Å²) in [7, 11) is 0. The molecule has 0 aromatic carbocycles. The number of alkyl carbamates (subject to hydrolysis) is 1. The number of hydrogen-bond donors (Lipinski definition) is 1. The second-order valence-electron chi connectivity index (χ2n) is 5.18. The minimum atomic E-state index is -0.494. The molecule has 1 saturated heterocycles. The predicted molar refractivity (Wildman–Crippen MR) is 68.8 cm³/mol. The lowest BCUT2D eigenvalue weighted by atomic mass is 9.97. The van der Waals surface area contributed by atoms with E-state index in [1.807, 2.05) is 32.5 Å². The Balaban J connectivity index is 2.53. The number of amides is 1. The van der Waals surface area contributed by atoms with Crippen LogP contribution in [0.4, 0.5) is 4.79 Å². The zero-order chi connectivity index (χ0) is 12.9.